The summed E-state index contributed by atoms with van der Waals surface area (Å²) in [6.45, 7) is 0. The molecule has 0 amide bonds. The van der Waals surface area contributed by atoms with Crippen molar-refractivity contribution < 1.29 is 0 Å². The third-order valence-electron chi connectivity index (χ3n) is 7.84. The maximum absolute atomic E-state index is 13.7. The van der Waals surface area contributed by atoms with Crippen molar-refractivity contribution in [2.24, 2.45) is 0 Å². The van der Waals surface area contributed by atoms with Crippen molar-refractivity contribution in [3.8, 4) is 28.7 Å². The minimum absolute atomic E-state index is 0.0771. The van der Waals surface area contributed by atoms with Gasteiger partial charge in [-0.2, -0.15) is 9.97 Å². The van der Waals surface area contributed by atoms with Gasteiger partial charge in [0.05, 0.1) is 21.9 Å². The van der Waals surface area contributed by atoms with Crippen LogP contribution in [-0.2, 0) is 0 Å². The summed E-state index contributed by atoms with van der Waals surface area (Å²) in [7, 11) is 0. The lowest BCUT2D eigenvalue weighted by Gasteiger charge is -2.11. The van der Waals surface area contributed by atoms with Crippen molar-refractivity contribution in [2.75, 3.05) is 0 Å². The second-order valence-corrected chi connectivity index (χ2v) is 11.3. The lowest BCUT2D eigenvalue weighted by molar-refractivity contribution is 0.954. The van der Waals surface area contributed by atoms with Crippen LogP contribution in [0, 0.1) is 0 Å². The fourth-order valence-electron chi connectivity index (χ4n) is 5.89. The van der Waals surface area contributed by atoms with Gasteiger partial charge in [0.25, 0.3) is 5.56 Å². The predicted molar refractivity (Wildman–Crippen MR) is 173 cm³/mol. The normalized spacial score (nSPS) is 11.8. The summed E-state index contributed by atoms with van der Waals surface area (Å²) in [6, 6.07) is 39.8. The second-order valence-electron chi connectivity index (χ2n) is 10.3. The van der Waals surface area contributed by atoms with Gasteiger partial charge in [0.1, 0.15) is 5.52 Å². The number of fused-ring (bicyclic) bond motifs is 8. The van der Waals surface area contributed by atoms with Crippen LogP contribution in [0.3, 0.4) is 0 Å². The molecule has 0 aliphatic rings. The Bertz CT molecular complexity index is 2530. The lowest BCUT2D eigenvalue weighted by Crippen LogP contribution is -2.11. The number of nitrogens with zero attached hydrogens (tertiary/aromatic N) is 6. The van der Waals surface area contributed by atoms with E-state index in [1.165, 1.54) is 11.3 Å². The van der Waals surface area contributed by atoms with Crippen molar-refractivity contribution >= 4 is 59.2 Å². The zero-order valence-electron chi connectivity index (χ0n) is 22.5. The van der Waals surface area contributed by atoms with E-state index in [0.29, 0.717) is 27.9 Å². The SMILES string of the molecule is O=c1c2ccccc2sc2nc3c4c(ccc3n12)c1ccccc1n4-c1nc(-c2ccccc2)nc(-c2ccccc2)n1. The summed E-state index contributed by atoms with van der Waals surface area (Å²) in [5.41, 5.74) is 4.98. The molecule has 0 spiro atoms. The molecule has 43 heavy (non-hydrogen) atoms. The fraction of sp³-hybridized carbons (Fsp3) is 0. The van der Waals surface area contributed by atoms with Crippen LogP contribution in [0.1, 0.15) is 0 Å². The molecule has 0 fully saturated rings. The fourth-order valence-corrected chi connectivity index (χ4v) is 6.91. The molecule has 202 valence electrons. The first-order chi connectivity index (χ1) is 21.2. The number of para-hydroxylation sites is 1. The summed E-state index contributed by atoms with van der Waals surface area (Å²) in [4.78, 5) is 34.4. The van der Waals surface area contributed by atoms with Crippen LogP contribution in [0.15, 0.2) is 126 Å². The zero-order chi connectivity index (χ0) is 28.5. The molecule has 7 nitrogen and oxygen atoms in total. The average Bonchev–Trinajstić information content (AvgIpc) is 3.61. The van der Waals surface area contributed by atoms with E-state index in [1.54, 1.807) is 4.40 Å². The summed E-state index contributed by atoms with van der Waals surface area (Å²) in [5.74, 6) is 1.64. The van der Waals surface area contributed by atoms with E-state index in [9.17, 15) is 4.79 Å². The summed E-state index contributed by atoms with van der Waals surface area (Å²) < 4.78 is 4.70. The average molecular weight is 573 g/mol. The molecule has 0 aliphatic heterocycles. The third kappa shape index (κ3) is 3.57. The molecule has 0 N–H and O–H groups in total. The highest BCUT2D eigenvalue weighted by Crippen LogP contribution is 2.37. The highest BCUT2D eigenvalue weighted by molar-refractivity contribution is 7.23. The molecular formula is C35H20N6OS. The Morgan fingerprint density at radius 1 is 0.535 bits per heavy atom. The first kappa shape index (κ1) is 23.9. The third-order valence-corrected chi connectivity index (χ3v) is 8.87. The summed E-state index contributed by atoms with van der Waals surface area (Å²) >= 11 is 1.51. The van der Waals surface area contributed by atoms with Gasteiger partial charge in [-0.05, 0) is 30.3 Å². The van der Waals surface area contributed by atoms with Crippen molar-refractivity contribution in [1.29, 1.82) is 0 Å². The standard InChI is InChI=1S/C35H20N6OS/c42-33-25-16-8-10-18-28(25)43-35-36-29-27(41(33)35)20-19-24-23-15-7-9-17-26(23)40(30(24)29)34-38-31(21-11-3-1-4-12-21)37-32(39-34)22-13-5-2-6-14-22/h1-20H. The summed E-state index contributed by atoms with van der Waals surface area (Å²) in [6.07, 6.45) is 0. The largest absolute Gasteiger partial charge is 0.276 e. The maximum Gasteiger partial charge on any atom is 0.266 e. The van der Waals surface area contributed by atoms with Gasteiger partial charge in [0, 0.05) is 26.6 Å². The van der Waals surface area contributed by atoms with Crippen LogP contribution in [0.5, 0.6) is 0 Å². The molecule has 8 heteroatoms. The molecule has 0 aliphatic carbocycles. The molecular weight excluding hydrogens is 552 g/mol. The van der Waals surface area contributed by atoms with Crippen LogP contribution in [0.4, 0.5) is 0 Å². The molecule has 0 saturated heterocycles. The number of aromatic nitrogens is 6. The van der Waals surface area contributed by atoms with Gasteiger partial charge in [-0.25, -0.2) is 14.4 Å². The van der Waals surface area contributed by atoms with Gasteiger partial charge in [-0.3, -0.25) is 9.36 Å². The van der Waals surface area contributed by atoms with Gasteiger partial charge < -0.3 is 0 Å². The highest BCUT2D eigenvalue weighted by atomic mass is 32.1. The van der Waals surface area contributed by atoms with Gasteiger partial charge in [0.15, 0.2) is 16.6 Å². The quantitative estimate of drug-likeness (QED) is 0.217. The Kier molecular flexibility index (Phi) is 5.08. The molecule has 0 atom stereocenters. The second kappa shape index (κ2) is 9.14. The van der Waals surface area contributed by atoms with Crippen LogP contribution in [0.2, 0.25) is 0 Å². The molecule has 0 saturated carbocycles. The van der Waals surface area contributed by atoms with Crippen LogP contribution in [-0.4, -0.2) is 28.9 Å². The van der Waals surface area contributed by atoms with Gasteiger partial charge in [-0.15, -0.1) is 0 Å². The Morgan fingerprint density at radius 3 is 1.88 bits per heavy atom. The Labute approximate surface area is 248 Å². The maximum atomic E-state index is 13.7. The minimum Gasteiger partial charge on any atom is -0.276 e. The number of imidazole rings is 1. The molecule has 5 aromatic carbocycles. The van der Waals surface area contributed by atoms with E-state index < -0.39 is 0 Å². The van der Waals surface area contributed by atoms with Crippen molar-refractivity contribution in [1.82, 2.24) is 28.9 Å². The Hall–Kier alpha value is -5.73. The monoisotopic (exact) mass is 572 g/mol. The van der Waals surface area contributed by atoms with E-state index in [1.807, 2.05) is 103 Å². The first-order valence-corrected chi connectivity index (χ1v) is 14.7. The first-order valence-electron chi connectivity index (χ1n) is 13.9. The van der Waals surface area contributed by atoms with E-state index in [-0.39, 0.29) is 5.56 Å². The van der Waals surface area contributed by atoms with Gasteiger partial charge in [0.2, 0.25) is 5.95 Å². The van der Waals surface area contributed by atoms with Crippen LogP contribution in [0.25, 0.3) is 76.6 Å². The predicted octanol–water partition coefficient (Wildman–Crippen LogP) is 7.68. The van der Waals surface area contributed by atoms with Gasteiger partial charge in [-0.1, -0.05) is 102 Å². The zero-order valence-corrected chi connectivity index (χ0v) is 23.4. The van der Waals surface area contributed by atoms with E-state index in [0.717, 1.165) is 48.7 Å². The van der Waals surface area contributed by atoms with Gasteiger partial charge >= 0.3 is 0 Å². The molecule has 0 unspecified atom stereocenters. The van der Waals surface area contributed by atoms with Crippen LogP contribution >= 0.6 is 11.3 Å². The number of hydrogen-bond donors (Lipinski definition) is 0. The molecule has 9 aromatic rings. The molecule has 0 bridgehead atoms. The van der Waals surface area contributed by atoms with E-state index in [4.69, 9.17) is 19.9 Å². The number of rotatable bonds is 3. The molecule has 0 radical (unpaired) electrons. The van der Waals surface area contributed by atoms with E-state index in [2.05, 4.69) is 22.8 Å². The van der Waals surface area contributed by atoms with E-state index >= 15 is 0 Å². The smallest absolute Gasteiger partial charge is 0.266 e. The number of hydrogen-bond acceptors (Lipinski definition) is 6. The Morgan fingerprint density at radius 2 is 1.16 bits per heavy atom. The molecule has 4 heterocycles. The molecule has 9 rings (SSSR count). The summed E-state index contributed by atoms with van der Waals surface area (Å²) in [5, 5.41) is 2.74. The topological polar surface area (TPSA) is 78.0 Å². The van der Waals surface area contributed by atoms with Crippen molar-refractivity contribution in [3.63, 3.8) is 0 Å². The minimum atomic E-state index is -0.0771. The Balaban J connectivity index is 1.44. The van der Waals surface area contributed by atoms with Crippen LogP contribution < -0.4 is 5.56 Å². The van der Waals surface area contributed by atoms with Crippen molar-refractivity contribution in [3.05, 3.63) is 132 Å². The number of benzene rings is 5. The lowest BCUT2D eigenvalue weighted by atomic mass is 10.1. The molecule has 4 aromatic heterocycles. The van der Waals surface area contributed by atoms with Crippen molar-refractivity contribution in [2.45, 2.75) is 0 Å². The highest BCUT2D eigenvalue weighted by Gasteiger charge is 2.22.